The Labute approximate surface area is 81.9 Å². The van der Waals surface area contributed by atoms with Gasteiger partial charge in [-0.15, -0.1) is 0 Å². The molecule has 0 amide bonds. The number of benzene rings is 1. The predicted molar refractivity (Wildman–Crippen MR) is 59.3 cm³/mol. The van der Waals surface area contributed by atoms with Gasteiger partial charge >= 0.3 is 0 Å². The quantitative estimate of drug-likeness (QED) is 0.671. The van der Waals surface area contributed by atoms with Gasteiger partial charge in [0, 0.05) is 0 Å². The summed E-state index contributed by atoms with van der Waals surface area (Å²) in [5.41, 5.74) is 2.57. The zero-order chi connectivity index (χ0) is 9.90. The fourth-order valence-electron chi connectivity index (χ4n) is 0.984. The van der Waals surface area contributed by atoms with Gasteiger partial charge in [-0.25, -0.2) is 0 Å². The van der Waals surface area contributed by atoms with Gasteiger partial charge in [0.05, 0.1) is 6.61 Å². The maximum atomic E-state index is 5.79. The Bertz CT molecular complexity index is 258. The van der Waals surface area contributed by atoms with Crippen LogP contribution in [0.15, 0.2) is 24.3 Å². The van der Waals surface area contributed by atoms with Gasteiger partial charge in [-0.2, -0.15) is 0 Å². The average Bonchev–Trinajstić information content (AvgIpc) is 2.02. The van der Waals surface area contributed by atoms with Crippen molar-refractivity contribution in [2.45, 2.75) is 33.2 Å². The number of hydrogen-bond acceptors (Lipinski definition) is 1. The van der Waals surface area contributed by atoms with Crippen LogP contribution in [0.5, 0.6) is 0 Å². The zero-order valence-corrected chi connectivity index (χ0v) is 9.92. The summed E-state index contributed by atoms with van der Waals surface area (Å²) >= 11 is 0. The molecule has 0 radical (unpaired) electrons. The smallest absolute Gasteiger partial charge is 0.184 e. The van der Waals surface area contributed by atoms with Crippen molar-refractivity contribution in [3.8, 4) is 0 Å². The molecule has 1 aromatic rings. The molecule has 0 saturated heterocycles. The van der Waals surface area contributed by atoms with Crippen LogP contribution in [-0.2, 0) is 11.0 Å². The van der Waals surface area contributed by atoms with Gasteiger partial charge in [0.25, 0.3) is 0 Å². The molecule has 0 unspecified atom stereocenters. The highest BCUT2D eigenvalue weighted by Gasteiger charge is 2.13. The van der Waals surface area contributed by atoms with E-state index in [2.05, 4.69) is 50.8 Å². The lowest BCUT2D eigenvalue weighted by Gasteiger charge is -2.17. The summed E-state index contributed by atoms with van der Waals surface area (Å²) in [5, 5.41) is 0. The van der Waals surface area contributed by atoms with Gasteiger partial charge in [-0.3, -0.25) is 0 Å². The fraction of sp³-hybridized carbons (Fsp3) is 0.455. The fourth-order valence-corrected chi connectivity index (χ4v) is 1.58. The zero-order valence-electron chi connectivity index (χ0n) is 8.92. The third-order valence-electron chi connectivity index (χ3n) is 1.79. The molecule has 0 aliphatic carbocycles. The van der Waals surface area contributed by atoms with Crippen LogP contribution >= 0.6 is 0 Å². The van der Waals surface area contributed by atoms with E-state index in [1.807, 2.05) is 0 Å². The van der Waals surface area contributed by atoms with E-state index in [-0.39, 0.29) is 0 Å². The van der Waals surface area contributed by atoms with Crippen LogP contribution in [0.25, 0.3) is 0 Å². The van der Waals surface area contributed by atoms with Crippen LogP contribution in [0.1, 0.15) is 11.1 Å². The molecule has 1 nitrogen and oxygen atoms in total. The average molecular weight is 194 g/mol. The first-order valence-corrected chi connectivity index (χ1v) is 8.08. The van der Waals surface area contributed by atoms with Crippen LogP contribution in [0.2, 0.25) is 19.6 Å². The molecular weight excluding hydrogens is 176 g/mol. The molecule has 0 bridgehead atoms. The first-order chi connectivity index (χ1) is 5.97. The third-order valence-corrected chi connectivity index (χ3v) is 2.80. The molecule has 1 aromatic carbocycles. The molecule has 2 heteroatoms. The van der Waals surface area contributed by atoms with Gasteiger partial charge in [-0.05, 0) is 32.1 Å². The monoisotopic (exact) mass is 194 g/mol. The Hall–Kier alpha value is -0.603. The topological polar surface area (TPSA) is 9.23 Å². The maximum Gasteiger partial charge on any atom is 0.184 e. The van der Waals surface area contributed by atoms with Gasteiger partial charge in [0.1, 0.15) is 0 Å². The minimum atomic E-state index is -1.35. The van der Waals surface area contributed by atoms with Gasteiger partial charge in [-0.1, -0.05) is 29.8 Å². The molecule has 0 aliphatic heterocycles. The van der Waals surface area contributed by atoms with E-state index in [4.69, 9.17) is 4.43 Å². The van der Waals surface area contributed by atoms with E-state index in [0.29, 0.717) is 0 Å². The third kappa shape index (κ3) is 4.25. The lowest BCUT2D eigenvalue weighted by atomic mass is 10.2. The highest BCUT2D eigenvalue weighted by molar-refractivity contribution is 6.69. The van der Waals surface area contributed by atoms with Crippen LogP contribution in [0, 0.1) is 6.92 Å². The second-order valence-corrected chi connectivity index (χ2v) is 8.90. The molecule has 0 saturated carbocycles. The molecular formula is C11H18OSi. The van der Waals surface area contributed by atoms with Crippen molar-refractivity contribution in [1.29, 1.82) is 0 Å². The second kappa shape index (κ2) is 4.07. The molecule has 0 atom stereocenters. The number of hydrogen-bond donors (Lipinski definition) is 0. The number of rotatable bonds is 3. The van der Waals surface area contributed by atoms with E-state index >= 15 is 0 Å². The first kappa shape index (κ1) is 10.5. The maximum absolute atomic E-state index is 5.79. The van der Waals surface area contributed by atoms with Crippen molar-refractivity contribution < 1.29 is 4.43 Å². The molecule has 0 heterocycles. The highest BCUT2D eigenvalue weighted by Crippen LogP contribution is 2.09. The van der Waals surface area contributed by atoms with Gasteiger partial charge in [0.2, 0.25) is 0 Å². The van der Waals surface area contributed by atoms with Crippen molar-refractivity contribution in [2.75, 3.05) is 0 Å². The normalized spacial score (nSPS) is 11.7. The highest BCUT2D eigenvalue weighted by atomic mass is 28.4. The standard InChI is InChI=1S/C11H18OSi/c1-10-5-7-11(8-6-10)9-12-13(2,3)4/h5-8H,9H2,1-4H3. The van der Waals surface area contributed by atoms with Crippen molar-refractivity contribution in [3.63, 3.8) is 0 Å². The Morgan fingerprint density at radius 3 is 2.08 bits per heavy atom. The lowest BCUT2D eigenvalue weighted by molar-refractivity contribution is 0.299. The van der Waals surface area contributed by atoms with E-state index in [9.17, 15) is 0 Å². The second-order valence-electron chi connectivity index (χ2n) is 4.39. The van der Waals surface area contributed by atoms with Crippen LogP contribution in [0.4, 0.5) is 0 Å². The summed E-state index contributed by atoms with van der Waals surface area (Å²) in [7, 11) is -1.35. The largest absolute Gasteiger partial charge is 0.413 e. The molecule has 72 valence electrons. The Morgan fingerprint density at radius 2 is 1.62 bits per heavy atom. The molecule has 1 rings (SSSR count). The van der Waals surface area contributed by atoms with Crippen molar-refractivity contribution >= 4 is 8.32 Å². The van der Waals surface area contributed by atoms with Crippen LogP contribution in [-0.4, -0.2) is 8.32 Å². The Morgan fingerprint density at radius 1 is 1.08 bits per heavy atom. The predicted octanol–water partition coefficient (Wildman–Crippen LogP) is 3.35. The Kier molecular flexibility index (Phi) is 3.28. The molecule has 0 aromatic heterocycles. The SMILES string of the molecule is Cc1ccc(CO[Si](C)(C)C)cc1. The van der Waals surface area contributed by atoms with E-state index in [0.717, 1.165) is 6.61 Å². The summed E-state index contributed by atoms with van der Waals surface area (Å²) < 4.78 is 5.79. The summed E-state index contributed by atoms with van der Waals surface area (Å²) in [6.45, 7) is 9.49. The van der Waals surface area contributed by atoms with E-state index < -0.39 is 8.32 Å². The van der Waals surface area contributed by atoms with Gasteiger partial charge in [0.15, 0.2) is 8.32 Å². The van der Waals surface area contributed by atoms with Crippen molar-refractivity contribution in [2.24, 2.45) is 0 Å². The lowest BCUT2D eigenvalue weighted by Crippen LogP contribution is -2.24. The van der Waals surface area contributed by atoms with Crippen molar-refractivity contribution in [3.05, 3.63) is 35.4 Å². The Balaban J connectivity index is 2.51. The summed E-state index contributed by atoms with van der Waals surface area (Å²) in [6.07, 6.45) is 0. The molecule has 0 N–H and O–H groups in total. The van der Waals surface area contributed by atoms with Gasteiger partial charge < -0.3 is 4.43 Å². The van der Waals surface area contributed by atoms with Crippen molar-refractivity contribution in [1.82, 2.24) is 0 Å². The molecule has 13 heavy (non-hydrogen) atoms. The van der Waals surface area contributed by atoms with E-state index in [1.165, 1.54) is 11.1 Å². The summed E-state index contributed by atoms with van der Waals surface area (Å²) in [4.78, 5) is 0. The summed E-state index contributed by atoms with van der Waals surface area (Å²) in [5.74, 6) is 0. The molecule has 0 fully saturated rings. The summed E-state index contributed by atoms with van der Waals surface area (Å²) in [6, 6.07) is 8.52. The van der Waals surface area contributed by atoms with Crippen LogP contribution in [0.3, 0.4) is 0 Å². The first-order valence-electron chi connectivity index (χ1n) is 4.67. The van der Waals surface area contributed by atoms with E-state index in [1.54, 1.807) is 0 Å². The minimum Gasteiger partial charge on any atom is -0.413 e. The molecule has 0 spiro atoms. The molecule has 0 aliphatic rings. The minimum absolute atomic E-state index is 0.760. The van der Waals surface area contributed by atoms with Crippen LogP contribution < -0.4 is 0 Å². The number of aryl methyl sites for hydroxylation is 1.